The predicted molar refractivity (Wildman–Crippen MR) is 177 cm³/mol. The number of aliphatic carboxylic acids is 2. The molecule has 2 unspecified atom stereocenters. The number of carboxylic acid groups (broad SMARTS) is 2. The van der Waals surface area contributed by atoms with Gasteiger partial charge in [-0.3, -0.25) is 9.59 Å². The molecule has 0 fully saturated rings. The average Bonchev–Trinajstić information content (AvgIpc) is 3.64. The van der Waals surface area contributed by atoms with Crippen molar-refractivity contribution in [3.8, 4) is 0 Å². The standard InChI is InChI=1S/C36H42N4O4/c1-9-21-17(5)25-13-27-19(7)33(23(11-3)35(41)42)31(39-27)16-32-34(24(12-4)36(43)44)20(8)28(40-32)15-30-22(10-2)18(6)26(38-30)14-29(21)37-25/h13-16,23-24,39-40H,9-12H2,1-8H3,(H,41,42)(H,43,44). The summed E-state index contributed by atoms with van der Waals surface area (Å²) in [5, 5.41) is 20.5. The van der Waals surface area contributed by atoms with Crippen molar-refractivity contribution in [2.75, 3.05) is 0 Å². The van der Waals surface area contributed by atoms with E-state index in [-0.39, 0.29) is 0 Å². The summed E-state index contributed by atoms with van der Waals surface area (Å²) in [6.45, 7) is 16.0. The van der Waals surface area contributed by atoms with Crippen molar-refractivity contribution in [1.82, 2.24) is 19.9 Å². The van der Waals surface area contributed by atoms with Crippen LogP contribution in [-0.4, -0.2) is 42.1 Å². The summed E-state index contributed by atoms with van der Waals surface area (Å²) in [7, 11) is 0. The van der Waals surface area contributed by atoms with E-state index in [1.807, 2.05) is 45.9 Å². The number of aryl methyl sites for hydroxylation is 2. The molecule has 8 bridgehead atoms. The maximum absolute atomic E-state index is 12.5. The van der Waals surface area contributed by atoms with Gasteiger partial charge in [-0.2, -0.15) is 0 Å². The molecule has 0 radical (unpaired) electrons. The van der Waals surface area contributed by atoms with Gasteiger partial charge in [-0.25, -0.2) is 9.97 Å². The molecule has 0 saturated heterocycles. The van der Waals surface area contributed by atoms with Gasteiger partial charge >= 0.3 is 11.9 Å². The third kappa shape index (κ3) is 5.06. The molecular weight excluding hydrogens is 552 g/mol. The Kier molecular flexibility index (Phi) is 8.38. The third-order valence-corrected chi connectivity index (χ3v) is 9.45. The minimum absolute atomic E-state index is 0.410. The zero-order valence-electron chi connectivity index (χ0n) is 26.9. The number of nitrogens with zero attached hydrogens (tertiary/aromatic N) is 2. The summed E-state index contributed by atoms with van der Waals surface area (Å²) < 4.78 is 0. The number of aromatic nitrogens is 4. The first-order valence-electron chi connectivity index (χ1n) is 15.6. The Hall–Kier alpha value is -4.46. The van der Waals surface area contributed by atoms with Crippen LogP contribution >= 0.6 is 0 Å². The summed E-state index contributed by atoms with van der Waals surface area (Å²) >= 11 is 0. The van der Waals surface area contributed by atoms with E-state index >= 15 is 0 Å². The molecule has 44 heavy (non-hydrogen) atoms. The highest BCUT2D eigenvalue weighted by Gasteiger charge is 2.27. The maximum atomic E-state index is 12.5. The Morgan fingerprint density at radius 1 is 0.614 bits per heavy atom. The smallest absolute Gasteiger partial charge is 0.311 e. The number of rotatable bonds is 8. The fourth-order valence-corrected chi connectivity index (χ4v) is 6.94. The van der Waals surface area contributed by atoms with Gasteiger partial charge in [-0.05, 0) is 122 Å². The lowest BCUT2D eigenvalue weighted by atomic mass is 9.92. The first-order valence-corrected chi connectivity index (χ1v) is 15.6. The monoisotopic (exact) mass is 594 g/mol. The highest BCUT2D eigenvalue weighted by atomic mass is 16.4. The Bertz CT molecular complexity index is 1920. The number of carboxylic acids is 2. The van der Waals surface area contributed by atoms with Crippen LogP contribution in [0.4, 0.5) is 0 Å². The van der Waals surface area contributed by atoms with Gasteiger partial charge in [-0.1, -0.05) is 27.7 Å². The molecular formula is C36H42N4O4. The van der Waals surface area contributed by atoms with Crippen molar-refractivity contribution >= 4 is 56.3 Å². The first kappa shape index (κ1) is 31.0. The maximum Gasteiger partial charge on any atom is 0.311 e. The van der Waals surface area contributed by atoms with E-state index in [1.54, 1.807) is 0 Å². The lowest BCUT2D eigenvalue weighted by molar-refractivity contribution is -0.139. The minimum atomic E-state index is -0.899. The molecule has 0 spiro atoms. The summed E-state index contributed by atoms with van der Waals surface area (Å²) in [4.78, 5) is 42.1. The van der Waals surface area contributed by atoms with E-state index in [1.165, 1.54) is 0 Å². The molecule has 3 aromatic rings. The van der Waals surface area contributed by atoms with Crippen LogP contribution in [0.2, 0.25) is 0 Å². The fourth-order valence-electron chi connectivity index (χ4n) is 6.94. The van der Waals surface area contributed by atoms with Crippen molar-refractivity contribution in [2.45, 2.75) is 92.9 Å². The number of fused-ring (bicyclic) bond motifs is 8. The number of aromatic amines is 2. The third-order valence-electron chi connectivity index (χ3n) is 9.45. The van der Waals surface area contributed by atoms with E-state index in [0.29, 0.717) is 35.0 Å². The Morgan fingerprint density at radius 2 is 1.00 bits per heavy atom. The van der Waals surface area contributed by atoms with Crippen molar-refractivity contribution in [2.24, 2.45) is 0 Å². The minimum Gasteiger partial charge on any atom is -0.481 e. The van der Waals surface area contributed by atoms with E-state index < -0.39 is 23.8 Å². The first-order chi connectivity index (χ1) is 20.9. The van der Waals surface area contributed by atoms with Crippen LogP contribution in [0, 0.1) is 13.8 Å². The van der Waals surface area contributed by atoms with E-state index in [9.17, 15) is 19.8 Å². The van der Waals surface area contributed by atoms with Gasteiger partial charge in [0.1, 0.15) is 0 Å². The van der Waals surface area contributed by atoms with Gasteiger partial charge < -0.3 is 20.2 Å². The molecule has 230 valence electrons. The van der Waals surface area contributed by atoms with Crippen molar-refractivity contribution in [3.05, 3.63) is 69.3 Å². The molecule has 0 aromatic carbocycles. The van der Waals surface area contributed by atoms with Crippen LogP contribution in [0.15, 0.2) is 24.3 Å². The summed E-state index contributed by atoms with van der Waals surface area (Å²) in [6, 6.07) is 7.98. The molecule has 0 saturated carbocycles. The fraction of sp³-hybridized carbons (Fsp3) is 0.389. The molecule has 8 nitrogen and oxygen atoms in total. The molecule has 0 aliphatic carbocycles. The second-order valence-electron chi connectivity index (χ2n) is 11.8. The molecule has 2 aliphatic heterocycles. The second-order valence-corrected chi connectivity index (χ2v) is 11.8. The van der Waals surface area contributed by atoms with Crippen LogP contribution in [0.1, 0.15) is 124 Å². The van der Waals surface area contributed by atoms with E-state index in [2.05, 4.69) is 43.7 Å². The van der Waals surface area contributed by atoms with Gasteiger partial charge in [0.05, 0.1) is 34.6 Å². The van der Waals surface area contributed by atoms with Crippen LogP contribution in [0.25, 0.3) is 44.4 Å². The molecule has 3 aromatic heterocycles. The predicted octanol–water partition coefficient (Wildman–Crippen LogP) is 8.77. The van der Waals surface area contributed by atoms with Gasteiger partial charge in [0.25, 0.3) is 0 Å². The molecule has 5 rings (SSSR count). The second kappa shape index (κ2) is 11.9. The summed E-state index contributed by atoms with van der Waals surface area (Å²) in [5.41, 5.74) is 13.9. The van der Waals surface area contributed by atoms with Gasteiger partial charge in [0.15, 0.2) is 0 Å². The Labute approximate surface area is 258 Å². The van der Waals surface area contributed by atoms with Gasteiger partial charge in [0.2, 0.25) is 0 Å². The van der Waals surface area contributed by atoms with Crippen molar-refractivity contribution in [1.29, 1.82) is 0 Å². The largest absolute Gasteiger partial charge is 0.481 e. The molecule has 0 amide bonds. The van der Waals surface area contributed by atoms with Crippen molar-refractivity contribution < 1.29 is 19.8 Å². The van der Waals surface area contributed by atoms with Crippen LogP contribution in [0.5, 0.6) is 0 Å². The number of nitrogens with one attached hydrogen (secondary N) is 2. The molecule has 5 heterocycles. The van der Waals surface area contributed by atoms with Gasteiger partial charge in [-0.15, -0.1) is 0 Å². The number of allylic oxidation sites excluding steroid dienone is 4. The molecule has 4 N–H and O–H groups in total. The Balaban J connectivity index is 2.05. The number of H-pyrrole nitrogens is 2. The zero-order valence-corrected chi connectivity index (χ0v) is 26.9. The molecule has 2 atom stereocenters. The van der Waals surface area contributed by atoms with E-state index in [0.717, 1.165) is 80.1 Å². The topological polar surface area (TPSA) is 132 Å². The van der Waals surface area contributed by atoms with Crippen LogP contribution in [0.3, 0.4) is 0 Å². The van der Waals surface area contributed by atoms with Crippen molar-refractivity contribution in [3.63, 3.8) is 0 Å². The molecule has 2 aliphatic rings. The average molecular weight is 595 g/mol. The lowest BCUT2D eigenvalue weighted by Crippen LogP contribution is -2.11. The number of hydrogen-bond donors (Lipinski definition) is 4. The number of carbonyl (C=O) groups is 2. The Morgan fingerprint density at radius 3 is 1.39 bits per heavy atom. The van der Waals surface area contributed by atoms with Crippen LogP contribution < -0.4 is 0 Å². The summed E-state index contributed by atoms with van der Waals surface area (Å²) in [5.74, 6) is -3.27. The lowest BCUT2D eigenvalue weighted by Gasteiger charge is -2.11. The normalized spacial score (nSPS) is 14.7. The quantitative estimate of drug-likeness (QED) is 0.206. The van der Waals surface area contributed by atoms with Crippen LogP contribution in [-0.2, 0) is 9.59 Å². The SMILES string of the molecule is CCC1=C(C)c2cc3[nH]c(cc4[nH]c(cc5nc(cc1n2)C(C)=C5CC)c(C)c4C(CC)C(=O)O)c(C(CC)C(=O)O)c3C. The zero-order chi connectivity index (χ0) is 32.0. The molecule has 8 heteroatoms. The highest BCUT2D eigenvalue weighted by Crippen LogP contribution is 2.39. The number of hydrogen-bond acceptors (Lipinski definition) is 4. The van der Waals surface area contributed by atoms with E-state index in [4.69, 9.17) is 9.97 Å². The van der Waals surface area contributed by atoms with Gasteiger partial charge in [0, 0.05) is 22.1 Å². The highest BCUT2D eigenvalue weighted by molar-refractivity contribution is 5.96. The summed E-state index contributed by atoms with van der Waals surface area (Å²) in [6.07, 6.45) is 2.43.